The van der Waals surface area contributed by atoms with Gasteiger partial charge in [-0.2, -0.15) is 0 Å². The number of aliphatic hydroxyl groups excluding tert-OH is 3. The predicted molar refractivity (Wildman–Crippen MR) is 269 cm³/mol. The Morgan fingerprint density at radius 2 is 1.01 bits per heavy atom. The number of hydrogen-bond acceptors (Lipinski definition) is 8. The minimum absolute atomic E-state index is 0.0822. The molecule has 0 aromatic heterocycles. The minimum atomic E-state index is -1.57. The lowest BCUT2D eigenvalue weighted by Gasteiger charge is -2.47. The normalized spacial score (nSPS) is 18.7. The maximum atomic E-state index is 14.3. The largest absolute Gasteiger partial charge is 0.481 e. The number of rotatable bonds is 43. The molecule has 6 N–H and O–H groups in total. The Kier molecular flexibility index (Phi) is 35.6. The number of aliphatic hydroxyl groups is 3. The van der Waals surface area contributed by atoms with Gasteiger partial charge in [-0.15, -0.1) is 0 Å². The van der Waals surface area contributed by atoms with Crippen molar-refractivity contribution in [2.75, 3.05) is 13.2 Å². The molecule has 1 fully saturated rings. The predicted octanol–water partition coefficient (Wildman–Crippen LogP) is 10.9. The van der Waals surface area contributed by atoms with E-state index in [0.717, 1.165) is 44.1 Å². The summed E-state index contributed by atoms with van der Waals surface area (Å²) >= 11 is 0. The summed E-state index contributed by atoms with van der Waals surface area (Å²) in [4.78, 5) is 54.3. The Morgan fingerprint density at radius 3 is 1.48 bits per heavy atom. The van der Waals surface area contributed by atoms with E-state index < -0.39 is 55.1 Å². The number of benzene rings is 1. The fraction of sp³-hybridized carbons (Fsp3) is 0.818. The van der Waals surface area contributed by atoms with Gasteiger partial charge in [-0.05, 0) is 31.2 Å². The Bertz CT molecular complexity index is 1400. The quantitative estimate of drug-likeness (QED) is 0.0347. The maximum Gasteiger partial charge on any atom is 0.303 e. The van der Waals surface area contributed by atoms with Crippen molar-refractivity contribution in [2.45, 2.75) is 275 Å². The van der Waals surface area contributed by atoms with Gasteiger partial charge in [0.05, 0.1) is 6.61 Å². The number of carboxylic acid groups (broad SMARTS) is 1. The molecule has 0 aliphatic carbocycles. The molecule has 67 heavy (non-hydrogen) atoms. The first kappa shape index (κ1) is 60.1. The van der Waals surface area contributed by atoms with Crippen LogP contribution in [0, 0.1) is 0 Å². The van der Waals surface area contributed by atoms with Crippen molar-refractivity contribution < 1.29 is 44.3 Å². The third-order valence-corrected chi connectivity index (χ3v) is 13.6. The van der Waals surface area contributed by atoms with E-state index in [2.05, 4.69) is 24.5 Å². The molecule has 1 saturated heterocycles. The lowest BCUT2D eigenvalue weighted by atomic mass is 9.94. The van der Waals surface area contributed by atoms with Gasteiger partial charge in [0, 0.05) is 32.2 Å². The van der Waals surface area contributed by atoms with E-state index in [4.69, 9.17) is 9.84 Å². The molecule has 0 unspecified atom stereocenters. The van der Waals surface area contributed by atoms with E-state index in [1.807, 2.05) is 30.3 Å². The first-order chi connectivity index (χ1) is 32.6. The number of nitrogens with one attached hydrogen (secondary N) is 2. The van der Waals surface area contributed by atoms with Crippen LogP contribution in [0.4, 0.5) is 0 Å². The first-order valence-corrected chi connectivity index (χ1v) is 27.4. The van der Waals surface area contributed by atoms with Crippen LogP contribution in [0.1, 0.15) is 238 Å². The maximum absolute atomic E-state index is 14.3. The average Bonchev–Trinajstić information content (AvgIpc) is 3.32. The van der Waals surface area contributed by atoms with Gasteiger partial charge in [0.2, 0.25) is 17.7 Å². The van der Waals surface area contributed by atoms with Gasteiger partial charge in [0.15, 0.2) is 6.23 Å². The van der Waals surface area contributed by atoms with Crippen molar-refractivity contribution in [3.05, 3.63) is 35.9 Å². The molecule has 0 bridgehead atoms. The zero-order chi connectivity index (χ0) is 48.7. The van der Waals surface area contributed by atoms with Crippen LogP contribution >= 0.6 is 0 Å². The summed E-state index contributed by atoms with van der Waals surface area (Å²) in [6, 6.07) is 7.00. The molecule has 1 heterocycles. The standard InChI is InChI=1S/C55H97N3O9/c1-3-5-7-9-11-13-15-17-18-19-20-22-24-26-34-40-49(61)58(42-36-29-25-23-21-16-14-12-10-8-6-4-2)55-51(53(65)52(64)47(44-59)67-55)57-54(66)46(43-45-37-31-30-32-38-45)56-48(60)39-33-27-28-35-41-50(62)63/h30-32,37-38,46-47,51-53,55,59,64-65H,3-29,33-36,39-44H2,1-2H3,(H,56,60)(H,57,66)(H,62,63)/t46-,47+,51-,52+,53+,55+/m0/s1. The van der Waals surface area contributed by atoms with E-state index >= 15 is 0 Å². The zero-order valence-electron chi connectivity index (χ0n) is 42.3. The topological polar surface area (TPSA) is 186 Å². The van der Waals surface area contributed by atoms with E-state index in [9.17, 15) is 34.5 Å². The van der Waals surface area contributed by atoms with Crippen LogP contribution in [0.3, 0.4) is 0 Å². The fourth-order valence-corrected chi connectivity index (χ4v) is 9.33. The molecule has 12 nitrogen and oxygen atoms in total. The number of nitrogens with zero attached hydrogens (tertiary/aromatic N) is 1. The summed E-state index contributed by atoms with van der Waals surface area (Å²) in [6.07, 6.45) is 29.9. The second kappa shape index (κ2) is 39.8. The molecule has 6 atom stereocenters. The van der Waals surface area contributed by atoms with Crippen LogP contribution in [-0.4, -0.2) is 98.8 Å². The van der Waals surface area contributed by atoms with E-state index in [-0.39, 0.29) is 37.5 Å². The Morgan fingerprint density at radius 1 is 0.582 bits per heavy atom. The highest BCUT2D eigenvalue weighted by Gasteiger charge is 2.48. The minimum Gasteiger partial charge on any atom is -0.481 e. The van der Waals surface area contributed by atoms with Gasteiger partial charge in [-0.1, -0.05) is 218 Å². The molecule has 0 spiro atoms. The molecule has 3 amide bonds. The molecule has 386 valence electrons. The van der Waals surface area contributed by atoms with Gasteiger partial charge in [-0.25, -0.2) is 0 Å². The summed E-state index contributed by atoms with van der Waals surface area (Å²) in [6.45, 7) is 4.25. The first-order valence-electron chi connectivity index (χ1n) is 27.4. The highest BCUT2D eigenvalue weighted by molar-refractivity contribution is 5.88. The molecular weight excluding hydrogens is 847 g/mol. The molecule has 1 aromatic carbocycles. The number of aliphatic carboxylic acids is 1. The molecule has 12 heteroatoms. The fourth-order valence-electron chi connectivity index (χ4n) is 9.33. The molecule has 1 aromatic rings. The third-order valence-electron chi connectivity index (χ3n) is 13.6. The summed E-state index contributed by atoms with van der Waals surface area (Å²) in [5.74, 6) is -1.93. The average molecular weight is 944 g/mol. The zero-order valence-corrected chi connectivity index (χ0v) is 42.3. The lowest BCUT2D eigenvalue weighted by Crippen LogP contribution is -2.70. The molecule has 2 rings (SSSR count). The summed E-state index contributed by atoms with van der Waals surface area (Å²) in [5.41, 5.74) is 0.807. The van der Waals surface area contributed by atoms with Gasteiger partial charge in [0.25, 0.3) is 0 Å². The van der Waals surface area contributed by atoms with Crippen LogP contribution in [-0.2, 0) is 30.3 Å². The number of carbonyl (C=O) groups is 4. The van der Waals surface area contributed by atoms with Crippen molar-refractivity contribution >= 4 is 23.7 Å². The van der Waals surface area contributed by atoms with Crippen molar-refractivity contribution in [1.29, 1.82) is 0 Å². The van der Waals surface area contributed by atoms with Crippen LogP contribution in [0.15, 0.2) is 30.3 Å². The van der Waals surface area contributed by atoms with E-state index in [0.29, 0.717) is 45.1 Å². The van der Waals surface area contributed by atoms with Crippen molar-refractivity contribution in [3.63, 3.8) is 0 Å². The van der Waals surface area contributed by atoms with Gasteiger partial charge >= 0.3 is 5.97 Å². The highest BCUT2D eigenvalue weighted by Crippen LogP contribution is 2.26. The lowest BCUT2D eigenvalue weighted by molar-refractivity contribution is -0.231. The number of carboxylic acids is 1. The van der Waals surface area contributed by atoms with Gasteiger partial charge in [0.1, 0.15) is 30.4 Å². The van der Waals surface area contributed by atoms with Crippen molar-refractivity contribution in [3.8, 4) is 0 Å². The third kappa shape index (κ3) is 28.3. The molecule has 1 aliphatic heterocycles. The monoisotopic (exact) mass is 944 g/mol. The smallest absolute Gasteiger partial charge is 0.303 e. The molecule has 0 saturated carbocycles. The van der Waals surface area contributed by atoms with Crippen LogP contribution in [0.2, 0.25) is 0 Å². The SMILES string of the molecule is CCCCCCCCCCCCCCCCCC(=O)N(CCCCCCCCCCCCCC)[C@@H]1O[C@H](CO)[C@@H](O)[C@H](O)[C@@H]1NC(=O)[C@H](Cc1ccccc1)NC(=O)CCCCCCC(=O)O. The van der Waals surface area contributed by atoms with Gasteiger partial charge in [-0.3, -0.25) is 19.2 Å². The van der Waals surface area contributed by atoms with Gasteiger partial charge < -0.3 is 40.7 Å². The Hall–Kier alpha value is -3.06. The Balaban J connectivity index is 2.11. The van der Waals surface area contributed by atoms with Crippen LogP contribution in [0.5, 0.6) is 0 Å². The molecule has 0 radical (unpaired) electrons. The summed E-state index contributed by atoms with van der Waals surface area (Å²) < 4.78 is 6.29. The van der Waals surface area contributed by atoms with Crippen molar-refractivity contribution in [1.82, 2.24) is 15.5 Å². The highest BCUT2D eigenvalue weighted by atomic mass is 16.5. The number of ether oxygens (including phenoxy) is 1. The number of hydrogen-bond donors (Lipinski definition) is 6. The van der Waals surface area contributed by atoms with E-state index in [1.165, 1.54) is 122 Å². The number of amides is 3. The molecular formula is C55H97N3O9. The second-order valence-corrected chi connectivity index (χ2v) is 19.6. The van der Waals surface area contributed by atoms with E-state index in [1.54, 1.807) is 4.90 Å². The van der Waals surface area contributed by atoms with Crippen molar-refractivity contribution in [2.24, 2.45) is 0 Å². The Labute approximate surface area is 406 Å². The van der Waals surface area contributed by atoms with Crippen LogP contribution in [0.25, 0.3) is 0 Å². The number of unbranched alkanes of at least 4 members (excludes halogenated alkanes) is 28. The second-order valence-electron chi connectivity index (χ2n) is 19.6. The summed E-state index contributed by atoms with van der Waals surface area (Å²) in [5, 5.41) is 47.7. The molecule has 1 aliphatic rings. The number of carbonyl (C=O) groups excluding carboxylic acids is 3. The van der Waals surface area contributed by atoms with Crippen LogP contribution < -0.4 is 10.6 Å². The summed E-state index contributed by atoms with van der Waals surface area (Å²) in [7, 11) is 0.